The first kappa shape index (κ1) is 13.3. The molecule has 0 aliphatic carbocycles. The number of hydrogen-bond acceptors (Lipinski definition) is 4. The molecule has 0 radical (unpaired) electrons. The van der Waals surface area contributed by atoms with Crippen LogP contribution < -0.4 is 0 Å². The number of carbonyl (C=O) groups excluding carboxylic acids is 3. The van der Waals surface area contributed by atoms with Gasteiger partial charge >= 0.3 is 5.97 Å². The Kier molecular flexibility index (Phi) is 3.17. The smallest absolute Gasteiger partial charge is 0.307 e. The second kappa shape index (κ2) is 5.01. The van der Waals surface area contributed by atoms with Crippen molar-refractivity contribution in [1.29, 1.82) is 0 Å². The number of rotatable bonds is 3. The minimum atomic E-state index is -0.451. The molecule has 5 heteroatoms. The number of methoxy groups -OCH3 is 1. The second-order valence-electron chi connectivity index (χ2n) is 4.80. The Hall–Kier alpha value is -2.69. The summed E-state index contributed by atoms with van der Waals surface area (Å²) in [6.45, 7) is 0.0229. The van der Waals surface area contributed by atoms with Gasteiger partial charge in [-0.1, -0.05) is 24.3 Å². The summed E-state index contributed by atoms with van der Waals surface area (Å²) in [7, 11) is 1.28. The highest BCUT2D eigenvalue weighted by atomic mass is 16.5. The van der Waals surface area contributed by atoms with Crippen molar-refractivity contribution in [2.75, 3.05) is 13.7 Å². The number of esters is 1. The van der Waals surface area contributed by atoms with E-state index in [1.165, 1.54) is 7.11 Å². The number of ether oxygens (including phenoxy) is 1. The topological polar surface area (TPSA) is 63.7 Å². The average molecular weight is 283 g/mol. The summed E-state index contributed by atoms with van der Waals surface area (Å²) in [5.74, 6) is -1.19. The maximum absolute atomic E-state index is 12.5. The monoisotopic (exact) mass is 283 g/mol. The maximum Gasteiger partial charge on any atom is 0.307 e. The molecule has 21 heavy (non-hydrogen) atoms. The summed E-state index contributed by atoms with van der Waals surface area (Å²) in [6.07, 6.45) is -0.00781. The Balaban J connectivity index is 2.05. The first-order valence-corrected chi connectivity index (χ1v) is 6.58. The molecule has 0 atom stereocenters. The lowest BCUT2D eigenvalue weighted by atomic mass is 9.94. The minimum absolute atomic E-state index is 0.00781. The van der Waals surface area contributed by atoms with Gasteiger partial charge in [-0.3, -0.25) is 19.3 Å². The Morgan fingerprint density at radius 2 is 1.62 bits per heavy atom. The van der Waals surface area contributed by atoms with Gasteiger partial charge in [-0.15, -0.1) is 0 Å². The standard InChI is InChI=1S/C16H13NO4/c1-21-13(18)8-9-17-15(19)11-6-2-4-10-5-3-7-12(14(10)11)16(17)20/h2-7H,8-9H2,1H3. The van der Waals surface area contributed by atoms with Crippen LogP contribution in [0.25, 0.3) is 10.8 Å². The van der Waals surface area contributed by atoms with E-state index in [0.717, 1.165) is 10.3 Å². The summed E-state index contributed by atoms with van der Waals surface area (Å²) in [6, 6.07) is 10.7. The van der Waals surface area contributed by atoms with Gasteiger partial charge in [0, 0.05) is 23.1 Å². The van der Waals surface area contributed by atoms with Gasteiger partial charge in [0.25, 0.3) is 11.8 Å². The van der Waals surface area contributed by atoms with E-state index in [2.05, 4.69) is 4.74 Å². The molecule has 0 N–H and O–H groups in total. The summed E-state index contributed by atoms with van der Waals surface area (Å²) < 4.78 is 4.55. The summed E-state index contributed by atoms with van der Waals surface area (Å²) in [5.41, 5.74) is 0.986. The lowest BCUT2D eigenvalue weighted by Crippen LogP contribution is -2.41. The summed E-state index contributed by atoms with van der Waals surface area (Å²) >= 11 is 0. The van der Waals surface area contributed by atoms with Crippen LogP contribution in [-0.2, 0) is 9.53 Å². The van der Waals surface area contributed by atoms with Crippen molar-refractivity contribution < 1.29 is 19.1 Å². The zero-order valence-corrected chi connectivity index (χ0v) is 11.5. The fourth-order valence-corrected chi connectivity index (χ4v) is 2.59. The second-order valence-corrected chi connectivity index (χ2v) is 4.80. The van der Waals surface area contributed by atoms with Crippen molar-refractivity contribution in [3.8, 4) is 0 Å². The van der Waals surface area contributed by atoms with Crippen LogP contribution in [0.1, 0.15) is 27.1 Å². The van der Waals surface area contributed by atoms with Gasteiger partial charge in [0.1, 0.15) is 0 Å². The largest absolute Gasteiger partial charge is 0.469 e. The average Bonchev–Trinajstić information content (AvgIpc) is 2.52. The first-order chi connectivity index (χ1) is 10.1. The Bertz CT molecular complexity index is 715. The van der Waals surface area contributed by atoms with Crippen molar-refractivity contribution in [1.82, 2.24) is 4.90 Å². The predicted molar refractivity (Wildman–Crippen MR) is 75.9 cm³/mol. The summed E-state index contributed by atoms with van der Waals surface area (Å²) in [4.78, 5) is 37.3. The molecule has 2 aromatic carbocycles. The van der Waals surface area contributed by atoms with Crippen LogP contribution in [0.15, 0.2) is 36.4 Å². The van der Waals surface area contributed by atoms with Gasteiger partial charge in [-0.2, -0.15) is 0 Å². The lowest BCUT2D eigenvalue weighted by Gasteiger charge is -2.26. The Morgan fingerprint density at radius 3 is 2.14 bits per heavy atom. The van der Waals surface area contributed by atoms with E-state index in [0.29, 0.717) is 16.5 Å². The van der Waals surface area contributed by atoms with Gasteiger partial charge in [0.15, 0.2) is 0 Å². The molecule has 0 saturated carbocycles. The van der Waals surface area contributed by atoms with Crippen molar-refractivity contribution in [3.63, 3.8) is 0 Å². The molecular formula is C16H13NO4. The minimum Gasteiger partial charge on any atom is -0.469 e. The van der Waals surface area contributed by atoms with Crippen LogP contribution in [0.4, 0.5) is 0 Å². The van der Waals surface area contributed by atoms with E-state index in [4.69, 9.17) is 0 Å². The molecule has 0 unspecified atom stereocenters. The van der Waals surface area contributed by atoms with Gasteiger partial charge in [0.2, 0.25) is 0 Å². The van der Waals surface area contributed by atoms with Crippen molar-refractivity contribution >= 4 is 28.6 Å². The van der Waals surface area contributed by atoms with E-state index in [9.17, 15) is 14.4 Å². The number of benzene rings is 2. The highest BCUT2D eigenvalue weighted by molar-refractivity contribution is 6.25. The van der Waals surface area contributed by atoms with Crippen molar-refractivity contribution in [2.45, 2.75) is 6.42 Å². The van der Waals surface area contributed by atoms with Gasteiger partial charge < -0.3 is 4.74 Å². The molecule has 1 heterocycles. The third-order valence-electron chi connectivity index (χ3n) is 3.62. The van der Waals surface area contributed by atoms with Crippen LogP contribution >= 0.6 is 0 Å². The van der Waals surface area contributed by atoms with E-state index in [-0.39, 0.29) is 24.8 Å². The molecule has 0 fully saturated rings. The fourth-order valence-electron chi connectivity index (χ4n) is 2.59. The number of imide groups is 1. The van der Waals surface area contributed by atoms with Crippen molar-refractivity contribution in [2.24, 2.45) is 0 Å². The van der Waals surface area contributed by atoms with Crippen LogP contribution in [0.2, 0.25) is 0 Å². The highest BCUT2D eigenvalue weighted by Gasteiger charge is 2.32. The van der Waals surface area contributed by atoms with Gasteiger partial charge in [-0.25, -0.2) is 0 Å². The maximum atomic E-state index is 12.5. The Morgan fingerprint density at radius 1 is 1.05 bits per heavy atom. The molecular weight excluding hydrogens is 270 g/mol. The van der Waals surface area contributed by atoms with Crippen LogP contribution in [0.5, 0.6) is 0 Å². The van der Waals surface area contributed by atoms with E-state index >= 15 is 0 Å². The van der Waals surface area contributed by atoms with Gasteiger partial charge in [0.05, 0.1) is 13.5 Å². The zero-order chi connectivity index (χ0) is 15.0. The lowest BCUT2D eigenvalue weighted by molar-refractivity contribution is -0.140. The number of hydrogen-bond donors (Lipinski definition) is 0. The molecule has 0 spiro atoms. The van der Waals surface area contributed by atoms with Crippen LogP contribution in [-0.4, -0.2) is 36.3 Å². The van der Waals surface area contributed by atoms with Crippen molar-refractivity contribution in [3.05, 3.63) is 47.5 Å². The summed E-state index contributed by atoms with van der Waals surface area (Å²) in [5, 5.41) is 1.55. The normalized spacial score (nSPS) is 13.7. The number of amides is 2. The molecule has 2 aromatic rings. The van der Waals surface area contributed by atoms with E-state index < -0.39 is 5.97 Å². The molecule has 2 amide bonds. The molecule has 0 aromatic heterocycles. The first-order valence-electron chi connectivity index (χ1n) is 6.58. The number of nitrogens with zero attached hydrogens (tertiary/aromatic N) is 1. The van der Waals surface area contributed by atoms with E-state index in [1.807, 2.05) is 12.1 Å². The molecule has 5 nitrogen and oxygen atoms in total. The highest BCUT2D eigenvalue weighted by Crippen LogP contribution is 2.29. The predicted octanol–water partition coefficient (Wildman–Crippen LogP) is 2.00. The Labute approximate surface area is 121 Å². The zero-order valence-electron chi connectivity index (χ0n) is 11.5. The van der Waals surface area contributed by atoms with Gasteiger partial charge in [-0.05, 0) is 17.5 Å². The molecule has 1 aliphatic rings. The molecule has 0 saturated heterocycles. The number of carbonyl (C=O) groups is 3. The molecule has 3 rings (SSSR count). The SMILES string of the molecule is COC(=O)CCN1C(=O)c2cccc3cccc(c23)C1=O. The van der Waals surface area contributed by atoms with Crippen LogP contribution in [0, 0.1) is 0 Å². The molecule has 1 aliphatic heterocycles. The van der Waals surface area contributed by atoms with Crippen LogP contribution in [0.3, 0.4) is 0 Å². The third-order valence-corrected chi connectivity index (χ3v) is 3.62. The fraction of sp³-hybridized carbons (Fsp3) is 0.188. The van der Waals surface area contributed by atoms with E-state index in [1.54, 1.807) is 24.3 Å². The third kappa shape index (κ3) is 2.07. The molecule has 0 bridgehead atoms. The molecule has 106 valence electrons. The quantitative estimate of drug-likeness (QED) is 0.638.